The Bertz CT molecular complexity index is 498. The quantitative estimate of drug-likeness (QED) is 0.846. The first-order valence-electron chi connectivity index (χ1n) is 5.70. The molecule has 6 nitrogen and oxygen atoms in total. The lowest BCUT2D eigenvalue weighted by molar-refractivity contribution is 0.277. The predicted molar refractivity (Wildman–Crippen MR) is 64.6 cm³/mol. The number of rotatable bonds is 3. The SMILES string of the molecule is CNC(Cc1cncc2nnnn12)C(C)(C)C. The molecular formula is C11H18N6. The minimum absolute atomic E-state index is 0.172. The monoisotopic (exact) mass is 234 g/mol. The maximum absolute atomic E-state index is 4.16. The van der Waals surface area contributed by atoms with Gasteiger partial charge in [-0.15, -0.1) is 5.10 Å². The number of tetrazole rings is 1. The minimum atomic E-state index is 0.172. The predicted octanol–water partition coefficient (Wildman–Crippen LogP) is 0.696. The van der Waals surface area contributed by atoms with Crippen molar-refractivity contribution in [1.82, 2.24) is 30.3 Å². The van der Waals surface area contributed by atoms with Gasteiger partial charge in [0.05, 0.1) is 11.9 Å². The van der Waals surface area contributed by atoms with E-state index in [-0.39, 0.29) is 5.41 Å². The average Bonchev–Trinajstić information content (AvgIpc) is 2.72. The van der Waals surface area contributed by atoms with Gasteiger partial charge in [0.25, 0.3) is 0 Å². The van der Waals surface area contributed by atoms with Crippen LogP contribution >= 0.6 is 0 Å². The molecule has 1 unspecified atom stereocenters. The van der Waals surface area contributed by atoms with Gasteiger partial charge in [-0.3, -0.25) is 4.98 Å². The lowest BCUT2D eigenvalue weighted by atomic mass is 9.84. The fraction of sp³-hybridized carbons (Fsp3) is 0.636. The van der Waals surface area contributed by atoms with Crippen LogP contribution in [0, 0.1) is 5.41 Å². The molecule has 2 aromatic heterocycles. The van der Waals surface area contributed by atoms with Crippen molar-refractivity contribution >= 4 is 5.65 Å². The zero-order chi connectivity index (χ0) is 12.5. The van der Waals surface area contributed by atoms with E-state index in [0.29, 0.717) is 11.7 Å². The highest BCUT2D eigenvalue weighted by Crippen LogP contribution is 2.22. The van der Waals surface area contributed by atoms with E-state index in [2.05, 4.69) is 46.6 Å². The van der Waals surface area contributed by atoms with Crippen LogP contribution in [0.4, 0.5) is 0 Å². The number of likely N-dealkylation sites (N-methyl/N-ethyl adjacent to an activating group) is 1. The minimum Gasteiger partial charge on any atom is -0.316 e. The highest BCUT2D eigenvalue weighted by Gasteiger charge is 2.24. The molecule has 0 spiro atoms. The second-order valence-corrected chi connectivity index (χ2v) is 5.26. The third-order valence-electron chi connectivity index (χ3n) is 2.99. The highest BCUT2D eigenvalue weighted by molar-refractivity contribution is 5.32. The van der Waals surface area contributed by atoms with Crippen molar-refractivity contribution in [3.8, 4) is 0 Å². The van der Waals surface area contributed by atoms with Crippen LogP contribution < -0.4 is 5.32 Å². The molecule has 6 heteroatoms. The lowest BCUT2D eigenvalue weighted by Crippen LogP contribution is -2.40. The molecule has 0 fully saturated rings. The van der Waals surface area contributed by atoms with Crippen molar-refractivity contribution in [2.45, 2.75) is 33.2 Å². The van der Waals surface area contributed by atoms with Crippen molar-refractivity contribution in [2.75, 3.05) is 7.05 Å². The van der Waals surface area contributed by atoms with Crippen LogP contribution in [0.3, 0.4) is 0 Å². The fourth-order valence-electron chi connectivity index (χ4n) is 1.91. The van der Waals surface area contributed by atoms with Gasteiger partial charge >= 0.3 is 0 Å². The number of hydrogen-bond acceptors (Lipinski definition) is 5. The van der Waals surface area contributed by atoms with E-state index in [0.717, 1.165) is 12.1 Å². The van der Waals surface area contributed by atoms with Gasteiger partial charge in [0.2, 0.25) is 0 Å². The molecule has 0 aromatic carbocycles. The van der Waals surface area contributed by atoms with E-state index < -0.39 is 0 Å². The van der Waals surface area contributed by atoms with E-state index in [4.69, 9.17) is 0 Å². The summed E-state index contributed by atoms with van der Waals surface area (Å²) in [6.45, 7) is 6.63. The van der Waals surface area contributed by atoms with Crippen LogP contribution in [-0.2, 0) is 6.42 Å². The largest absolute Gasteiger partial charge is 0.316 e. The van der Waals surface area contributed by atoms with E-state index in [1.807, 2.05) is 13.2 Å². The smallest absolute Gasteiger partial charge is 0.197 e. The van der Waals surface area contributed by atoms with E-state index in [9.17, 15) is 0 Å². The first kappa shape index (κ1) is 11.9. The molecule has 0 saturated heterocycles. The Labute approximate surface area is 100 Å². The molecule has 0 aliphatic heterocycles. The number of hydrogen-bond donors (Lipinski definition) is 1. The highest BCUT2D eigenvalue weighted by atomic mass is 15.5. The molecule has 0 radical (unpaired) electrons. The Morgan fingerprint density at radius 1 is 1.35 bits per heavy atom. The summed E-state index contributed by atoms with van der Waals surface area (Å²) < 4.78 is 1.74. The van der Waals surface area contributed by atoms with Crippen LogP contribution in [0.15, 0.2) is 12.4 Å². The summed E-state index contributed by atoms with van der Waals surface area (Å²) in [6, 6.07) is 0.346. The summed E-state index contributed by atoms with van der Waals surface area (Å²) in [4.78, 5) is 4.16. The second kappa shape index (κ2) is 4.37. The molecule has 2 rings (SSSR count). The molecule has 0 amide bonds. The summed E-state index contributed by atoms with van der Waals surface area (Å²) in [6.07, 6.45) is 4.32. The number of aromatic nitrogens is 5. The summed E-state index contributed by atoms with van der Waals surface area (Å²) in [5.41, 5.74) is 1.87. The number of fused-ring (bicyclic) bond motifs is 1. The van der Waals surface area contributed by atoms with Crippen molar-refractivity contribution < 1.29 is 0 Å². The van der Waals surface area contributed by atoms with Gasteiger partial charge in [0.15, 0.2) is 5.65 Å². The lowest BCUT2D eigenvalue weighted by Gasteiger charge is -2.30. The maximum atomic E-state index is 4.16. The zero-order valence-electron chi connectivity index (χ0n) is 10.7. The van der Waals surface area contributed by atoms with Crippen LogP contribution in [0.25, 0.3) is 5.65 Å². The van der Waals surface area contributed by atoms with Gasteiger partial charge in [-0.05, 0) is 22.9 Å². The first-order chi connectivity index (χ1) is 8.02. The molecule has 1 N–H and O–H groups in total. The number of nitrogens with zero attached hydrogens (tertiary/aromatic N) is 5. The van der Waals surface area contributed by atoms with E-state index in [1.165, 1.54) is 0 Å². The summed E-state index contributed by atoms with van der Waals surface area (Å²) in [7, 11) is 1.98. The van der Waals surface area contributed by atoms with Gasteiger partial charge in [0, 0.05) is 18.7 Å². The van der Waals surface area contributed by atoms with E-state index in [1.54, 1.807) is 10.7 Å². The molecule has 92 valence electrons. The normalized spacial score (nSPS) is 14.1. The van der Waals surface area contributed by atoms with Crippen molar-refractivity contribution in [3.05, 3.63) is 18.1 Å². The van der Waals surface area contributed by atoms with Crippen LogP contribution in [0.2, 0.25) is 0 Å². The Morgan fingerprint density at radius 3 is 2.76 bits per heavy atom. The van der Waals surface area contributed by atoms with E-state index >= 15 is 0 Å². The van der Waals surface area contributed by atoms with Crippen LogP contribution in [0.1, 0.15) is 26.5 Å². The summed E-state index contributed by atoms with van der Waals surface area (Å²) in [5.74, 6) is 0. The average molecular weight is 234 g/mol. The molecule has 0 aliphatic rings. The van der Waals surface area contributed by atoms with Gasteiger partial charge in [-0.2, -0.15) is 4.52 Å². The molecule has 1 atom stereocenters. The molecule has 2 aromatic rings. The van der Waals surface area contributed by atoms with Crippen LogP contribution in [0.5, 0.6) is 0 Å². The Kier molecular flexibility index (Phi) is 3.06. The van der Waals surface area contributed by atoms with Crippen LogP contribution in [-0.4, -0.2) is 38.1 Å². The first-order valence-corrected chi connectivity index (χ1v) is 5.70. The third kappa shape index (κ3) is 2.41. The zero-order valence-corrected chi connectivity index (χ0v) is 10.7. The third-order valence-corrected chi connectivity index (χ3v) is 2.99. The van der Waals surface area contributed by atoms with Gasteiger partial charge in [-0.25, -0.2) is 0 Å². The summed E-state index contributed by atoms with van der Waals surface area (Å²) >= 11 is 0. The summed E-state index contributed by atoms with van der Waals surface area (Å²) in [5, 5.41) is 14.9. The Balaban J connectivity index is 2.31. The molecular weight excluding hydrogens is 216 g/mol. The fourth-order valence-corrected chi connectivity index (χ4v) is 1.91. The molecule has 0 bridgehead atoms. The molecule has 2 heterocycles. The standard InChI is InChI=1S/C11H18N6/c1-11(2,3)9(12-4)5-8-6-13-7-10-14-15-16-17(8)10/h6-7,9,12H,5H2,1-4H3. The van der Waals surface area contributed by atoms with Gasteiger partial charge in [0.1, 0.15) is 0 Å². The Hall–Kier alpha value is -1.56. The maximum Gasteiger partial charge on any atom is 0.197 e. The molecule has 0 aliphatic carbocycles. The second-order valence-electron chi connectivity index (χ2n) is 5.26. The van der Waals surface area contributed by atoms with Crippen molar-refractivity contribution in [3.63, 3.8) is 0 Å². The molecule has 0 saturated carbocycles. The van der Waals surface area contributed by atoms with Crippen molar-refractivity contribution in [2.24, 2.45) is 5.41 Å². The molecule has 17 heavy (non-hydrogen) atoms. The van der Waals surface area contributed by atoms with Crippen molar-refractivity contribution in [1.29, 1.82) is 0 Å². The number of nitrogens with one attached hydrogen (secondary N) is 1. The van der Waals surface area contributed by atoms with Gasteiger partial charge < -0.3 is 5.32 Å². The van der Waals surface area contributed by atoms with Gasteiger partial charge in [-0.1, -0.05) is 20.8 Å². The topological polar surface area (TPSA) is 68.0 Å². The Morgan fingerprint density at radius 2 is 2.12 bits per heavy atom.